The van der Waals surface area contributed by atoms with Crippen LogP contribution in [0.3, 0.4) is 0 Å². The fourth-order valence-electron chi connectivity index (χ4n) is 1.89. The molecule has 0 saturated heterocycles. The molecule has 0 fully saturated rings. The largest absolute Gasteiger partial charge is 0.490 e. The van der Waals surface area contributed by atoms with Crippen LogP contribution in [0.1, 0.15) is 30.5 Å². The predicted molar refractivity (Wildman–Crippen MR) is 73.8 cm³/mol. The summed E-state index contributed by atoms with van der Waals surface area (Å²) in [6, 6.07) is 6.42. The number of likely N-dealkylation sites (N-methyl/N-ethyl adjacent to an activating group) is 1. The molecule has 98 valence electrons. The Morgan fingerprint density at radius 3 is 2.56 bits per heavy atom. The van der Waals surface area contributed by atoms with Gasteiger partial charge in [-0.1, -0.05) is 13.0 Å². The van der Waals surface area contributed by atoms with E-state index in [1.54, 1.807) is 0 Å². The van der Waals surface area contributed by atoms with Crippen molar-refractivity contribution in [2.45, 2.75) is 40.2 Å². The molecule has 1 atom stereocenters. The first-order valence-corrected chi connectivity index (χ1v) is 6.29. The van der Waals surface area contributed by atoms with Gasteiger partial charge in [-0.05, 0) is 57.0 Å². The van der Waals surface area contributed by atoms with E-state index >= 15 is 0 Å². The summed E-state index contributed by atoms with van der Waals surface area (Å²) >= 11 is 0. The van der Waals surface area contributed by atoms with Crippen LogP contribution in [0.2, 0.25) is 0 Å². The Morgan fingerprint density at radius 2 is 2.00 bits per heavy atom. The standard InChI is InChI=1S/C15H22N2O/c1-6-17-15(5,9-16)10-18-14-8-11(2)7-12(3)13(14)4/h7-8,17H,6,10H2,1-5H3. The molecule has 1 aromatic carbocycles. The number of rotatable bonds is 5. The van der Waals surface area contributed by atoms with Gasteiger partial charge in [-0.15, -0.1) is 0 Å². The Labute approximate surface area is 110 Å². The van der Waals surface area contributed by atoms with Gasteiger partial charge in [-0.25, -0.2) is 0 Å². The number of benzene rings is 1. The maximum atomic E-state index is 9.18. The fourth-order valence-corrected chi connectivity index (χ4v) is 1.89. The molecule has 0 spiro atoms. The summed E-state index contributed by atoms with van der Waals surface area (Å²) in [5, 5.41) is 12.3. The van der Waals surface area contributed by atoms with E-state index in [2.05, 4.69) is 24.4 Å². The Balaban J connectivity index is 2.84. The van der Waals surface area contributed by atoms with Crippen LogP contribution >= 0.6 is 0 Å². The molecule has 0 aromatic heterocycles. The predicted octanol–water partition coefficient (Wildman–Crippen LogP) is 2.88. The summed E-state index contributed by atoms with van der Waals surface area (Å²) in [4.78, 5) is 0. The van der Waals surface area contributed by atoms with Crippen LogP contribution < -0.4 is 10.1 Å². The van der Waals surface area contributed by atoms with Gasteiger partial charge >= 0.3 is 0 Å². The van der Waals surface area contributed by atoms with E-state index in [0.717, 1.165) is 17.9 Å². The van der Waals surface area contributed by atoms with Gasteiger partial charge in [0.15, 0.2) is 0 Å². The molecule has 1 aromatic rings. The SMILES string of the molecule is CCNC(C)(C#N)COc1cc(C)cc(C)c1C. The highest BCUT2D eigenvalue weighted by molar-refractivity contribution is 5.42. The van der Waals surface area contributed by atoms with Gasteiger partial charge in [0, 0.05) is 0 Å². The number of ether oxygens (including phenoxy) is 1. The minimum atomic E-state index is -0.640. The number of hydrogen-bond acceptors (Lipinski definition) is 3. The molecule has 1 unspecified atom stereocenters. The molecule has 3 nitrogen and oxygen atoms in total. The molecule has 1 N–H and O–H groups in total. The topological polar surface area (TPSA) is 45.0 Å². The van der Waals surface area contributed by atoms with Crippen LogP contribution in [0.25, 0.3) is 0 Å². The maximum Gasteiger partial charge on any atom is 0.138 e. The van der Waals surface area contributed by atoms with Gasteiger partial charge in [0.05, 0.1) is 6.07 Å². The van der Waals surface area contributed by atoms with Crippen molar-refractivity contribution in [3.8, 4) is 11.8 Å². The van der Waals surface area contributed by atoms with Crippen LogP contribution in [-0.4, -0.2) is 18.7 Å². The molecule has 0 amide bonds. The summed E-state index contributed by atoms with van der Waals surface area (Å²) in [6.45, 7) is 11.1. The normalized spacial score (nSPS) is 13.8. The van der Waals surface area contributed by atoms with Gasteiger partial charge in [-0.3, -0.25) is 5.32 Å². The Hall–Kier alpha value is -1.53. The lowest BCUT2D eigenvalue weighted by molar-refractivity contribution is 0.235. The highest BCUT2D eigenvalue weighted by Crippen LogP contribution is 2.24. The molecule has 0 bridgehead atoms. The third-order valence-corrected chi connectivity index (χ3v) is 3.09. The molecule has 0 heterocycles. The second-order valence-corrected chi connectivity index (χ2v) is 4.97. The number of hydrogen-bond donors (Lipinski definition) is 1. The van der Waals surface area contributed by atoms with Gasteiger partial charge in [0.2, 0.25) is 0 Å². The van der Waals surface area contributed by atoms with E-state index in [-0.39, 0.29) is 0 Å². The van der Waals surface area contributed by atoms with E-state index < -0.39 is 5.54 Å². The molecule has 0 aliphatic rings. The number of nitriles is 1. The smallest absolute Gasteiger partial charge is 0.138 e. The van der Waals surface area contributed by atoms with E-state index in [0.29, 0.717) is 6.61 Å². The third kappa shape index (κ3) is 3.48. The van der Waals surface area contributed by atoms with Crippen LogP contribution in [0, 0.1) is 32.1 Å². The first-order valence-electron chi connectivity index (χ1n) is 6.29. The lowest BCUT2D eigenvalue weighted by Crippen LogP contribution is -2.46. The quantitative estimate of drug-likeness (QED) is 0.869. The lowest BCUT2D eigenvalue weighted by Gasteiger charge is -2.23. The van der Waals surface area contributed by atoms with E-state index in [1.165, 1.54) is 11.1 Å². The molecule has 0 aliphatic carbocycles. The second kappa shape index (κ2) is 5.88. The Kier molecular flexibility index (Phi) is 4.75. The zero-order valence-electron chi connectivity index (χ0n) is 11.9. The number of aryl methyl sites for hydroxylation is 2. The first-order chi connectivity index (χ1) is 8.41. The van der Waals surface area contributed by atoms with Crippen LogP contribution in [0.5, 0.6) is 5.75 Å². The van der Waals surface area contributed by atoms with Crippen molar-refractivity contribution in [3.63, 3.8) is 0 Å². The molecule has 0 radical (unpaired) electrons. The lowest BCUT2D eigenvalue weighted by atomic mass is 10.0. The summed E-state index contributed by atoms with van der Waals surface area (Å²) < 4.78 is 5.82. The monoisotopic (exact) mass is 246 g/mol. The van der Waals surface area contributed by atoms with E-state index in [1.807, 2.05) is 33.8 Å². The van der Waals surface area contributed by atoms with Crippen molar-refractivity contribution >= 4 is 0 Å². The van der Waals surface area contributed by atoms with Crippen LogP contribution in [0.15, 0.2) is 12.1 Å². The molecule has 1 rings (SSSR count). The Bertz CT molecular complexity index is 462. The van der Waals surface area contributed by atoms with Gasteiger partial charge < -0.3 is 4.74 Å². The van der Waals surface area contributed by atoms with E-state index in [4.69, 9.17) is 4.74 Å². The average molecular weight is 246 g/mol. The van der Waals surface area contributed by atoms with E-state index in [9.17, 15) is 5.26 Å². The molecule has 3 heteroatoms. The number of nitrogens with zero attached hydrogens (tertiary/aromatic N) is 1. The fraction of sp³-hybridized carbons (Fsp3) is 0.533. The van der Waals surface area contributed by atoms with Crippen molar-refractivity contribution in [1.29, 1.82) is 5.26 Å². The molecule has 0 saturated carbocycles. The molecular formula is C15H22N2O. The second-order valence-electron chi connectivity index (χ2n) is 4.97. The van der Waals surface area contributed by atoms with Gasteiger partial charge in [0.25, 0.3) is 0 Å². The third-order valence-electron chi connectivity index (χ3n) is 3.09. The van der Waals surface area contributed by atoms with Gasteiger partial charge in [-0.2, -0.15) is 5.26 Å². The van der Waals surface area contributed by atoms with Crippen molar-refractivity contribution in [2.24, 2.45) is 0 Å². The van der Waals surface area contributed by atoms with Crippen molar-refractivity contribution in [3.05, 3.63) is 28.8 Å². The highest BCUT2D eigenvalue weighted by atomic mass is 16.5. The van der Waals surface area contributed by atoms with Crippen LogP contribution in [-0.2, 0) is 0 Å². The van der Waals surface area contributed by atoms with Crippen molar-refractivity contribution in [1.82, 2.24) is 5.32 Å². The summed E-state index contributed by atoms with van der Waals surface area (Å²) in [5.74, 6) is 0.867. The zero-order valence-corrected chi connectivity index (χ0v) is 11.9. The summed E-state index contributed by atoms with van der Waals surface area (Å²) in [5.41, 5.74) is 2.89. The highest BCUT2D eigenvalue weighted by Gasteiger charge is 2.23. The number of nitrogens with one attached hydrogen (secondary N) is 1. The maximum absolute atomic E-state index is 9.18. The van der Waals surface area contributed by atoms with Crippen LogP contribution in [0.4, 0.5) is 0 Å². The van der Waals surface area contributed by atoms with Crippen molar-refractivity contribution < 1.29 is 4.74 Å². The minimum absolute atomic E-state index is 0.348. The molecular weight excluding hydrogens is 224 g/mol. The molecule has 18 heavy (non-hydrogen) atoms. The zero-order chi connectivity index (χ0) is 13.8. The average Bonchev–Trinajstić information content (AvgIpc) is 2.32. The first kappa shape index (κ1) is 14.5. The summed E-state index contributed by atoms with van der Waals surface area (Å²) in [6.07, 6.45) is 0. The van der Waals surface area contributed by atoms with Gasteiger partial charge in [0.1, 0.15) is 17.9 Å². The molecule has 0 aliphatic heterocycles. The Morgan fingerprint density at radius 1 is 1.33 bits per heavy atom. The van der Waals surface area contributed by atoms with Crippen molar-refractivity contribution in [2.75, 3.05) is 13.2 Å². The summed E-state index contributed by atoms with van der Waals surface area (Å²) in [7, 11) is 0. The minimum Gasteiger partial charge on any atom is -0.490 e.